The van der Waals surface area contributed by atoms with Gasteiger partial charge in [-0.2, -0.15) is 4.31 Å². The zero-order valence-electron chi connectivity index (χ0n) is 10.9. The van der Waals surface area contributed by atoms with E-state index in [0.717, 1.165) is 12.8 Å². The van der Waals surface area contributed by atoms with Crippen molar-refractivity contribution in [1.29, 1.82) is 0 Å². The molecule has 1 aromatic rings. The smallest absolute Gasteiger partial charge is 0.248 e. The summed E-state index contributed by atoms with van der Waals surface area (Å²) in [6.45, 7) is 3.17. The van der Waals surface area contributed by atoms with Gasteiger partial charge in [-0.3, -0.25) is 4.79 Å². The minimum Gasteiger partial charge on any atom is -0.366 e. The van der Waals surface area contributed by atoms with E-state index in [4.69, 9.17) is 5.73 Å². The van der Waals surface area contributed by atoms with Crippen molar-refractivity contribution < 1.29 is 13.2 Å². The first kappa shape index (κ1) is 14.0. The summed E-state index contributed by atoms with van der Waals surface area (Å²) < 4.78 is 26.4. The minimum atomic E-state index is -3.46. The standard InChI is InChI=1S/C13H18N2O3S/c1-10-3-2-8-15(9-10)19(17,18)12-6-4-11(5-7-12)13(14)16/h4-7,10H,2-3,8-9H2,1H3,(H2,14,16)/t10-/m0/s1. The third-order valence-electron chi connectivity index (χ3n) is 3.40. The van der Waals surface area contributed by atoms with E-state index >= 15 is 0 Å². The van der Waals surface area contributed by atoms with E-state index in [1.807, 2.05) is 0 Å². The van der Waals surface area contributed by atoms with Crippen LogP contribution in [0.4, 0.5) is 0 Å². The van der Waals surface area contributed by atoms with Gasteiger partial charge >= 0.3 is 0 Å². The fourth-order valence-corrected chi connectivity index (χ4v) is 3.90. The summed E-state index contributed by atoms with van der Waals surface area (Å²) in [6, 6.07) is 5.77. The molecule has 1 heterocycles. The van der Waals surface area contributed by atoms with E-state index < -0.39 is 15.9 Å². The average molecular weight is 282 g/mol. The number of rotatable bonds is 3. The second-order valence-corrected chi connectivity index (χ2v) is 6.94. The van der Waals surface area contributed by atoms with Gasteiger partial charge in [-0.05, 0) is 43.0 Å². The summed E-state index contributed by atoms with van der Waals surface area (Å²) in [7, 11) is -3.46. The molecule has 1 saturated heterocycles. The molecular formula is C13H18N2O3S. The fourth-order valence-electron chi connectivity index (χ4n) is 2.30. The van der Waals surface area contributed by atoms with Gasteiger partial charge in [-0.15, -0.1) is 0 Å². The zero-order chi connectivity index (χ0) is 14.0. The molecule has 0 unspecified atom stereocenters. The Labute approximate surface area is 113 Å². The Bertz CT molecular complexity index is 566. The Hall–Kier alpha value is -1.40. The highest BCUT2D eigenvalue weighted by Gasteiger charge is 2.28. The molecule has 19 heavy (non-hydrogen) atoms. The first-order chi connectivity index (χ1) is 8.91. The van der Waals surface area contributed by atoms with Crippen molar-refractivity contribution in [2.75, 3.05) is 13.1 Å². The number of nitrogens with zero attached hydrogens (tertiary/aromatic N) is 1. The van der Waals surface area contributed by atoms with Crippen LogP contribution in [0.15, 0.2) is 29.2 Å². The lowest BCUT2D eigenvalue weighted by Crippen LogP contribution is -2.39. The molecule has 104 valence electrons. The maximum Gasteiger partial charge on any atom is 0.248 e. The molecule has 1 aliphatic heterocycles. The van der Waals surface area contributed by atoms with Crippen LogP contribution in [0.1, 0.15) is 30.1 Å². The summed E-state index contributed by atoms with van der Waals surface area (Å²) in [5.74, 6) is -0.177. The number of carbonyl (C=O) groups excluding carboxylic acids is 1. The molecule has 0 bridgehead atoms. The number of piperidine rings is 1. The van der Waals surface area contributed by atoms with Gasteiger partial charge in [0.2, 0.25) is 15.9 Å². The third-order valence-corrected chi connectivity index (χ3v) is 5.28. The Morgan fingerprint density at radius 3 is 2.47 bits per heavy atom. The van der Waals surface area contributed by atoms with Gasteiger partial charge in [0.15, 0.2) is 0 Å². The number of carbonyl (C=O) groups is 1. The van der Waals surface area contributed by atoms with Gasteiger partial charge in [0.25, 0.3) is 0 Å². The minimum absolute atomic E-state index is 0.214. The van der Waals surface area contributed by atoms with E-state index in [1.165, 1.54) is 28.6 Å². The molecule has 2 N–H and O–H groups in total. The van der Waals surface area contributed by atoms with E-state index in [1.54, 1.807) is 0 Å². The Balaban J connectivity index is 2.26. The van der Waals surface area contributed by atoms with Crippen molar-refractivity contribution in [2.24, 2.45) is 11.7 Å². The lowest BCUT2D eigenvalue weighted by molar-refractivity contribution is 0.1000. The molecule has 2 rings (SSSR count). The van der Waals surface area contributed by atoms with Crippen LogP contribution in [0.3, 0.4) is 0 Å². The van der Waals surface area contributed by atoms with Crippen LogP contribution in [0, 0.1) is 5.92 Å². The summed E-state index contributed by atoms with van der Waals surface area (Å²) in [5, 5.41) is 0. The van der Waals surface area contributed by atoms with Gasteiger partial charge in [-0.25, -0.2) is 8.42 Å². The van der Waals surface area contributed by atoms with E-state index in [9.17, 15) is 13.2 Å². The lowest BCUT2D eigenvalue weighted by Gasteiger charge is -2.30. The lowest BCUT2D eigenvalue weighted by atomic mass is 10.0. The number of primary amides is 1. The van der Waals surface area contributed by atoms with Crippen molar-refractivity contribution in [3.63, 3.8) is 0 Å². The van der Waals surface area contributed by atoms with Crippen molar-refractivity contribution in [1.82, 2.24) is 4.31 Å². The van der Waals surface area contributed by atoms with Gasteiger partial charge in [-0.1, -0.05) is 6.92 Å². The normalized spacial score (nSPS) is 21.2. The molecule has 0 radical (unpaired) electrons. The predicted octanol–water partition coefficient (Wildman–Crippen LogP) is 1.21. The number of benzene rings is 1. The van der Waals surface area contributed by atoms with Crippen LogP contribution in [0.25, 0.3) is 0 Å². The maximum atomic E-state index is 12.4. The maximum absolute atomic E-state index is 12.4. The number of nitrogens with two attached hydrogens (primary N) is 1. The summed E-state index contributed by atoms with van der Waals surface area (Å²) in [6.07, 6.45) is 1.95. The number of sulfonamides is 1. The molecule has 6 heteroatoms. The molecule has 1 amide bonds. The summed E-state index contributed by atoms with van der Waals surface area (Å²) >= 11 is 0. The Kier molecular flexibility index (Phi) is 3.91. The van der Waals surface area contributed by atoms with Crippen molar-refractivity contribution in [3.8, 4) is 0 Å². The molecular weight excluding hydrogens is 264 g/mol. The van der Waals surface area contributed by atoms with Gasteiger partial charge in [0, 0.05) is 18.7 Å². The van der Waals surface area contributed by atoms with Crippen LogP contribution in [0.5, 0.6) is 0 Å². The van der Waals surface area contributed by atoms with Crippen LogP contribution >= 0.6 is 0 Å². The highest BCUT2D eigenvalue weighted by Crippen LogP contribution is 2.23. The second kappa shape index (κ2) is 5.30. The van der Waals surface area contributed by atoms with Crippen LogP contribution in [0.2, 0.25) is 0 Å². The van der Waals surface area contributed by atoms with Gasteiger partial charge < -0.3 is 5.73 Å². The quantitative estimate of drug-likeness (QED) is 0.904. The molecule has 5 nitrogen and oxygen atoms in total. The third kappa shape index (κ3) is 2.96. The van der Waals surface area contributed by atoms with Crippen molar-refractivity contribution in [2.45, 2.75) is 24.7 Å². The summed E-state index contributed by atoms with van der Waals surface area (Å²) in [4.78, 5) is 11.2. The molecule has 0 spiro atoms. The largest absolute Gasteiger partial charge is 0.366 e. The molecule has 1 aliphatic rings. The van der Waals surface area contributed by atoms with Crippen LogP contribution in [-0.2, 0) is 10.0 Å². The first-order valence-electron chi connectivity index (χ1n) is 6.31. The van der Waals surface area contributed by atoms with Gasteiger partial charge in [0.05, 0.1) is 4.90 Å². The molecule has 0 saturated carbocycles. The van der Waals surface area contributed by atoms with Gasteiger partial charge in [0.1, 0.15) is 0 Å². The zero-order valence-corrected chi connectivity index (χ0v) is 11.7. The topological polar surface area (TPSA) is 80.5 Å². The van der Waals surface area contributed by atoms with Crippen molar-refractivity contribution in [3.05, 3.63) is 29.8 Å². The predicted molar refractivity (Wildman–Crippen MR) is 72.1 cm³/mol. The molecule has 0 aromatic heterocycles. The Morgan fingerprint density at radius 1 is 1.32 bits per heavy atom. The molecule has 1 atom stereocenters. The summed E-state index contributed by atoms with van der Waals surface area (Å²) in [5.41, 5.74) is 5.45. The highest BCUT2D eigenvalue weighted by atomic mass is 32.2. The highest BCUT2D eigenvalue weighted by molar-refractivity contribution is 7.89. The number of hydrogen-bond donors (Lipinski definition) is 1. The first-order valence-corrected chi connectivity index (χ1v) is 7.75. The van der Waals surface area contributed by atoms with E-state index in [0.29, 0.717) is 24.6 Å². The number of hydrogen-bond acceptors (Lipinski definition) is 3. The Morgan fingerprint density at radius 2 is 1.95 bits per heavy atom. The molecule has 0 aliphatic carbocycles. The second-order valence-electron chi connectivity index (χ2n) is 5.00. The van der Waals surface area contributed by atoms with Crippen molar-refractivity contribution >= 4 is 15.9 Å². The average Bonchev–Trinajstić information content (AvgIpc) is 2.39. The molecule has 1 fully saturated rings. The monoisotopic (exact) mass is 282 g/mol. The fraction of sp³-hybridized carbons (Fsp3) is 0.462. The SMILES string of the molecule is C[C@H]1CCCN(S(=O)(=O)c2ccc(C(N)=O)cc2)C1. The number of amides is 1. The van der Waals surface area contributed by atoms with Crippen LogP contribution in [-0.4, -0.2) is 31.7 Å². The van der Waals surface area contributed by atoms with Crippen LogP contribution < -0.4 is 5.73 Å². The molecule has 1 aromatic carbocycles. The van der Waals surface area contributed by atoms with E-state index in [-0.39, 0.29) is 4.90 Å². The van der Waals surface area contributed by atoms with E-state index in [2.05, 4.69) is 6.92 Å².